The first kappa shape index (κ1) is 21.7. The number of benzene rings is 1. The van der Waals surface area contributed by atoms with Crippen molar-refractivity contribution in [3.63, 3.8) is 0 Å². The van der Waals surface area contributed by atoms with Crippen LogP contribution in [0.25, 0.3) is 0 Å². The Morgan fingerprint density at radius 2 is 2.07 bits per heavy atom. The van der Waals surface area contributed by atoms with E-state index in [0.29, 0.717) is 25.7 Å². The number of nitrogens with zero attached hydrogens (tertiary/aromatic N) is 3. The van der Waals surface area contributed by atoms with Crippen LogP contribution in [-0.2, 0) is 6.18 Å². The first-order chi connectivity index (χ1) is 13.3. The van der Waals surface area contributed by atoms with Gasteiger partial charge >= 0.3 is 6.18 Å². The number of hydrogen-bond donors (Lipinski definition) is 3. The number of hydrogen-bond acceptors (Lipinski definition) is 7. The number of ether oxygens (including phenoxy) is 1. The molecule has 0 amide bonds. The van der Waals surface area contributed by atoms with Crippen LogP contribution in [0.4, 0.5) is 13.2 Å². The standard InChI is InChI=1S/C18H22F3N5O2/c1-24-10-16(26-23)17(27)25-12-3-6-13(7-4-12)28-14-5-2-11(9-22)15(8-14)18(19,20)21/h2,5,8,10,12-13,17,25,27H,3-4,6-7,23H2,1H3. The van der Waals surface area contributed by atoms with Crippen molar-refractivity contribution in [2.45, 2.75) is 50.2 Å². The monoisotopic (exact) mass is 397 g/mol. The Hall–Kier alpha value is -2.64. The zero-order valence-corrected chi connectivity index (χ0v) is 15.3. The van der Waals surface area contributed by atoms with E-state index < -0.39 is 23.5 Å². The Labute approximate surface area is 160 Å². The first-order valence-corrected chi connectivity index (χ1v) is 8.70. The summed E-state index contributed by atoms with van der Waals surface area (Å²) >= 11 is 0. The smallest absolute Gasteiger partial charge is 0.417 e. The normalized spacial score (nSPS) is 22.1. The maximum absolute atomic E-state index is 13.0. The maximum Gasteiger partial charge on any atom is 0.417 e. The molecule has 1 saturated carbocycles. The second-order valence-corrected chi connectivity index (χ2v) is 6.42. The van der Waals surface area contributed by atoms with Crippen molar-refractivity contribution in [1.82, 2.24) is 5.32 Å². The van der Waals surface area contributed by atoms with E-state index in [-0.39, 0.29) is 23.6 Å². The number of rotatable bonds is 6. The summed E-state index contributed by atoms with van der Waals surface area (Å²) in [4.78, 5) is 3.76. The van der Waals surface area contributed by atoms with Gasteiger partial charge in [-0.1, -0.05) is 0 Å². The molecule has 1 aromatic carbocycles. The number of nitrogens with one attached hydrogen (secondary N) is 1. The average molecular weight is 397 g/mol. The lowest BCUT2D eigenvalue weighted by Gasteiger charge is -2.31. The third kappa shape index (κ3) is 5.68. The molecule has 1 atom stereocenters. The molecule has 0 spiro atoms. The summed E-state index contributed by atoms with van der Waals surface area (Å²) < 4.78 is 44.8. The van der Waals surface area contributed by atoms with E-state index in [1.807, 2.05) is 0 Å². The van der Waals surface area contributed by atoms with Gasteiger partial charge in [0.05, 0.1) is 23.3 Å². The largest absolute Gasteiger partial charge is 0.490 e. The lowest BCUT2D eigenvalue weighted by Crippen LogP contribution is -2.46. The molecule has 1 aliphatic carbocycles. The second kappa shape index (κ2) is 9.52. The lowest BCUT2D eigenvalue weighted by molar-refractivity contribution is -0.137. The summed E-state index contributed by atoms with van der Waals surface area (Å²) in [5.74, 6) is 5.30. The van der Waals surface area contributed by atoms with Gasteiger partial charge in [-0.25, -0.2) is 0 Å². The molecule has 0 radical (unpaired) electrons. The van der Waals surface area contributed by atoms with Crippen LogP contribution in [0.15, 0.2) is 28.3 Å². The van der Waals surface area contributed by atoms with Crippen LogP contribution in [0, 0.1) is 11.3 Å². The first-order valence-electron chi connectivity index (χ1n) is 8.70. The molecular formula is C18H22F3N5O2. The molecule has 1 aromatic rings. The Balaban J connectivity index is 1.93. The highest BCUT2D eigenvalue weighted by atomic mass is 19.4. The molecule has 10 heteroatoms. The predicted octanol–water partition coefficient (Wildman–Crippen LogP) is 2.19. The zero-order valence-electron chi connectivity index (χ0n) is 15.3. The minimum absolute atomic E-state index is 0.0106. The van der Waals surface area contributed by atoms with Crippen LogP contribution in [0.1, 0.15) is 36.8 Å². The number of halogens is 3. The molecule has 0 bridgehead atoms. The maximum atomic E-state index is 13.0. The summed E-state index contributed by atoms with van der Waals surface area (Å²) in [6.45, 7) is 0. The van der Waals surface area contributed by atoms with Crippen molar-refractivity contribution in [2.75, 3.05) is 7.05 Å². The highest BCUT2D eigenvalue weighted by Gasteiger charge is 2.34. The number of aliphatic hydroxyl groups is 1. The molecule has 152 valence electrons. The van der Waals surface area contributed by atoms with Gasteiger partial charge in [0.25, 0.3) is 0 Å². The van der Waals surface area contributed by atoms with Crippen molar-refractivity contribution >= 4 is 11.9 Å². The molecule has 1 unspecified atom stereocenters. The number of aliphatic hydroxyl groups excluding tert-OH is 1. The summed E-state index contributed by atoms with van der Waals surface area (Å²) in [6, 6.07) is 4.88. The summed E-state index contributed by atoms with van der Waals surface area (Å²) in [5.41, 5.74) is -1.23. The van der Waals surface area contributed by atoms with Gasteiger partial charge in [0, 0.05) is 19.3 Å². The van der Waals surface area contributed by atoms with Gasteiger partial charge < -0.3 is 15.7 Å². The van der Waals surface area contributed by atoms with Gasteiger partial charge in [-0.2, -0.15) is 23.5 Å². The van der Waals surface area contributed by atoms with Crippen molar-refractivity contribution in [2.24, 2.45) is 15.9 Å². The Morgan fingerprint density at radius 3 is 2.61 bits per heavy atom. The zero-order chi connectivity index (χ0) is 20.7. The number of alkyl halides is 3. The van der Waals surface area contributed by atoms with Gasteiger partial charge in [-0.05, 0) is 43.9 Å². The van der Waals surface area contributed by atoms with Crippen molar-refractivity contribution < 1.29 is 23.0 Å². The van der Waals surface area contributed by atoms with Crippen LogP contribution in [0.5, 0.6) is 5.75 Å². The van der Waals surface area contributed by atoms with E-state index in [9.17, 15) is 18.3 Å². The molecule has 0 heterocycles. The molecule has 4 N–H and O–H groups in total. The van der Waals surface area contributed by atoms with Crippen molar-refractivity contribution in [3.8, 4) is 11.8 Å². The third-order valence-electron chi connectivity index (χ3n) is 4.48. The van der Waals surface area contributed by atoms with Gasteiger partial charge in [0.2, 0.25) is 0 Å². The minimum Gasteiger partial charge on any atom is -0.490 e. The van der Waals surface area contributed by atoms with Crippen LogP contribution in [-0.4, -0.2) is 42.5 Å². The summed E-state index contributed by atoms with van der Waals surface area (Å²) in [5, 5.41) is 25.4. The molecular weight excluding hydrogens is 375 g/mol. The molecule has 0 aliphatic heterocycles. The molecule has 1 aliphatic rings. The van der Waals surface area contributed by atoms with E-state index in [2.05, 4.69) is 15.4 Å². The Morgan fingerprint density at radius 1 is 1.39 bits per heavy atom. The molecule has 1 fully saturated rings. The topological polar surface area (TPSA) is 116 Å². The van der Waals surface area contributed by atoms with Gasteiger partial charge in [-0.15, -0.1) is 0 Å². The van der Waals surface area contributed by atoms with Gasteiger partial charge in [0.1, 0.15) is 11.5 Å². The van der Waals surface area contributed by atoms with E-state index in [1.54, 1.807) is 6.07 Å². The molecule has 28 heavy (non-hydrogen) atoms. The predicted molar refractivity (Wildman–Crippen MR) is 98.0 cm³/mol. The minimum atomic E-state index is -4.62. The van der Waals surface area contributed by atoms with Crippen LogP contribution in [0.3, 0.4) is 0 Å². The van der Waals surface area contributed by atoms with E-state index >= 15 is 0 Å². The third-order valence-corrected chi connectivity index (χ3v) is 4.48. The fourth-order valence-corrected chi connectivity index (χ4v) is 3.08. The van der Waals surface area contributed by atoms with Crippen LogP contribution < -0.4 is 15.9 Å². The van der Waals surface area contributed by atoms with E-state index in [0.717, 1.165) is 12.1 Å². The molecule has 2 rings (SSSR count). The number of nitriles is 1. The highest BCUT2D eigenvalue weighted by Crippen LogP contribution is 2.35. The second-order valence-electron chi connectivity index (χ2n) is 6.42. The van der Waals surface area contributed by atoms with Crippen molar-refractivity contribution in [3.05, 3.63) is 29.3 Å². The number of hydrazone groups is 1. The van der Waals surface area contributed by atoms with Gasteiger partial charge in [0.15, 0.2) is 6.23 Å². The highest BCUT2D eigenvalue weighted by molar-refractivity contribution is 6.32. The fraction of sp³-hybridized carbons (Fsp3) is 0.500. The molecule has 0 saturated heterocycles. The Bertz CT molecular complexity index is 765. The lowest BCUT2D eigenvalue weighted by atomic mass is 9.92. The van der Waals surface area contributed by atoms with E-state index in [4.69, 9.17) is 15.8 Å². The van der Waals surface area contributed by atoms with Crippen LogP contribution >= 0.6 is 0 Å². The number of aliphatic imine (C=N–C) groups is 1. The molecule has 0 aromatic heterocycles. The number of nitrogens with two attached hydrogens (primary N) is 1. The SMILES string of the molecule is CN=CC(=NN)C(O)NC1CCC(Oc2ccc(C#N)c(C(F)(F)F)c2)CC1. The van der Waals surface area contributed by atoms with Crippen molar-refractivity contribution in [1.29, 1.82) is 5.26 Å². The Kier molecular flexibility index (Phi) is 7.37. The fourth-order valence-electron chi connectivity index (χ4n) is 3.08. The van der Waals surface area contributed by atoms with Crippen LogP contribution in [0.2, 0.25) is 0 Å². The molecule has 7 nitrogen and oxygen atoms in total. The quantitative estimate of drug-likeness (QED) is 0.295. The average Bonchev–Trinajstić information content (AvgIpc) is 2.66. The van der Waals surface area contributed by atoms with Gasteiger partial charge in [-0.3, -0.25) is 10.3 Å². The summed E-state index contributed by atoms with van der Waals surface area (Å²) in [6.07, 6.45) is -2.04. The summed E-state index contributed by atoms with van der Waals surface area (Å²) in [7, 11) is 1.54. The van der Waals surface area contributed by atoms with E-state index in [1.165, 1.54) is 19.3 Å².